The van der Waals surface area contributed by atoms with E-state index in [9.17, 15) is 4.39 Å². The van der Waals surface area contributed by atoms with E-state index in [-0.39, 0.29) is 5.82 Å². The van der Waals surface area contributed by atoms with Crippen LogP contribution in [0.2, 0.25) is 0 Å². The number of nitrogens with zero attached hydrogens (tertiary/aromatic N) is 1. The van der Waals surface area contributed by atoms with Crippen LogP contribution in [0.5, 0.6) is 0 Å². The lowest BCUT2D eigenvalue weighted by molar-refractivity contribution is 0.237. The predicted molar refractivity (Wildman–Crippen MR) is 68.6 cm³/mol. The third-order valence-corrected chi connectivity index (χ3v) is 3.31. The van der Waals surface area contributed by atoms with Crippen LogP contribution >= 0.6 is 0 Å². The molecule has 17 heavy (non-hydrogen) atoms. The van der Waals surface area contributed by atoms with Crippen molar-refractivity contribution in [3.05, 3.63) is 35.6 Å². The molecule has 0 unspecified atom stereocenters. The number of halogens is 1. The Hall–Kier alpha value is -0.930. The zero-order chi connectivity index (χ0) is 11.9. The Morgan fingerprint density at radius 1 is 1.06 bits per heavy atom. The Kier molecular flexibility index (Phi) is 4.95. The normalized spacial score (nSPS) is 17.2. The molecule has 1 aromatic rings. The highest BCUT2D eigenvalue weighted by atomic mass is 19.1. The van der Waals surface area contributed by atoms with Gasteiger partial charge in [0.05, 0.1) is 0 Å². The lowest BCUT2D eigenvalue weighted by Crippen LogP contribution is -2.43. The Balaban J connectivity index is 1.60. The van der Waals surface area contributed by atoms with Crippen LogP contribution in [0, 0.1) is 5.82 Å². The minimum atomic E-state index is -0.144. The van der Waals surface area contributed by atoms with E-state index in [2.05, 4.69) is 10.2 Å². The summed E-state index contributed by atoms with van der Waals surface area (Å²) < 4.78 is 12.7. The van der Waals surface area contributed by atoms with Crippen molar-refractivity contribution in [2.24, 2.45) is 0 Å². The largest absolute Gasteiger partial charge is 0.314 e. The molecular formula is C14H21FN2. The van der Waals surface area contributed by atoms with E-state index in [0.29, 0.717) is 0 Å². The summed E-state index contributed by atoms with van der Waals surface area (Å²) >= 11 is 0. The fraction of sp³-hybridized carbons (Fsp3) is 0.571. The highest BCUT2D eigenvalue weighted by molar-refractivity contribution is 5.15. The number of unbranched alkanes of at least 4 members (excludes halogenated alkanes) is 1. The molecule has 2 rings (SSSR count). The van der Waals surface area contributed by atoms with Gasteiger partial charge in [-0.15, -0.1) is 0 Å². The molecule has 1 aliphatic heterocycles. The summed E-state index contributed by atoms with van der Waals surface area (Å²) in [4.78, 5) is 2.52. The molecule has 1 fully saturated rings. The summed E-state index contributed by atoms with van der Waals surface area (Å²) in [5, 5.41) is 3.36. The Bertz CT molecular complexity index is 317. The van der Waals surface area contributed by atoms with Crippen molar-refractivity contribution in [1.82, 2.24) is 10.2 Å². The maximum Gasteiger partial charge on any atom is 0.123 e. The number of rotatable bonds is 5. The number of piperazine rings is 1. The second-order valence-corrected chi connectivity index (χ2v) is 4.68. The lowest BCUT2D eigenvalue weighted by Gasteiger charge is -2.27. The number of aryl methyl sites for hydroxylation is 1. The molecular weight excluding hydrogens is 215 g/mol. The van der Waals surface area contributed by atoms with Crippen LogP contribution < -0.4 is 5.32 Å². The van der Waals surface area contributed by atoms with Gasteiger partial charge in [0.15, 0.2) is 0 Å². The van der Waals surface area contributed by atoms with Gasteiger partial charge in [0, 0.05) is 26.2 Å². The minimum Gasteiger partial charge on any atom is -0.314 e. The van der Waals surface area contributed by atoms with Crippen LogP contribution in [-0.4, -0.2) is 37.6 Å². The maximum atomic E-state index is 12.7. The molecule has 1 aliphatic rings. The molecule has 1 saturated heterocycles. The molecule has 0 atom stereocenters. The zero-order valence-corrected chi connectivity index (χ0v) is 10.3. The molecule has 0 aliphatic carbocycles. The maximum absolute atomic E-state index is 12.7. The fourth-order valence-electron chi connectivity index (χ4n) is 2.25. The zero-order valence-electron chi connectivity index (χ0n) is 10.3. The summed E-state index contributed by atoms with van der Waals surface area (Å²) in [5.74, 6) is -0.144. The molecule has 1 heterocycles. The van der Waals surface area contributed by atoms with Crippen molar-refractivity contribution in [2.45, 2.75) is 19.3 Å². The number of hydrogen-bond acceptors (Lipinski definition) is 2. The molecule has 0 bridgehead atoms. The van der Waals surface area contributed by atoms with Gasteiger partial charge in [0.1, 0.15) is 5.82 Å². The first-order chi connectivity index (χ1) is 8.34. The molecule has 1 N–H and O–H groups in total. The van der Waals surface area contributed by atoms with E-state index in [4.69, 9.17) is 0 Å². The summed E-state index contributed by atoms with van der Waals surface area (Å²) in [7, 11) is 0. The molecule has 0 aromatic heterocycles. The Labute approximate surface area is 103 Å². The Morgan fingerprint density at radius 2 is 1.76 bits per heavy atom. The van der Waals surface area contributed by atoms with E-state index in [0.717, 1.165) is 19.5 Å². The minimum absolute atomic E-state index is 0.144. The SMILES string of the molecule is Fc1ccc(CCCCN2CCNCC2)cc1. The summed E-state index contributed by atoms with van der Waals surface area (Å²) in [6, 6.07) is 6.87. The summed E-state index contributed by atoms with van der Waals surface area (Å²) in [6.07, 6.45) is 3.49. The first-order valence-electron chi connectivity index (χ1n) is 6.52. The number of benzene rings is 1. The molecule has 0 spiro atoms. The van der Waals surface area contributed by atoms with E-state index in [1.807, 2.05) is 12.1 Å². The van der Waals surface area contributed by atoms with Gasteiger partial charge < -0.3 is 10.2 Å². The highest BCUT2D eigenvalue weighted by Crippen LogP contribution is 2.07. The predicted octanol–water partition coefficient (Wildman–Crippen LogP) is 2.05. The molecule has 0 radical (unpaired) electrons. The summed E-state index contributed by atoms with van der Waals surface area (Å²) in [5.41, 5.74) is 1.24. The van der Waals surface area contributed by atoms with Crippen LogP contribution in [0.25, 0.3) is 0 Å². The topological polar surface area (TPSA) is 15.3 Å². The number of hydrogen-bond donors (Lipinski definition) is 1. The van der Waals surface area contributed by atoms with Gasteiger partial charge in [-0.1, -0.05) is 12.1 Å². The van der Waals surface area contributed by atoms with Gasteiger partial charge in [-0.25, -0.2) is 4.39 Å². The number of nitrogens with one attached hydrogen (secondary N) is 1. The smallest absolute Gasteiger partial charge is 0.123 e. The van der Waals surface area contributed by atoms with Gasteiger partial charge in [-0.3, -0.25) is 0 Å². The van der Waals surface area contributed by atoms with Crippen LogP contribution in [0.15, 0.2) is 24.3 Å². The monoisotopic (exact) mass is 236 g/mol. The molecule has 1 aromatic carbocycles. The van der Waals surface area contributed by atoms with E-state index in [1.54, 1.807) is 12.1 Å². The van der Waals surface area contributed by atoms with E-state index in [1.165, 1.54) is 38.0 Å². The molecule has 3 heteroatoms. The molecule has 0 amide bonds. The third kappa shape index (κ3) is 4.44. The van der Waals surface area contributed by atoms with Crippen molar-refractivity contribution in [3.8, 4) is 0 Å². The van der Waals surface area contributed by atoms with Gasteiger partial charge in [0.25, 0.3) is 0 Å². The first-order valence-corrected chi connectivity index (χ1v) is 6.52. The Morgan fingerprint density at radius 3 is 2.47 bits per heavy atom. The molecule has 94 valence electrons. The van der Waals surface area contributed by atoms with Crippen molar-refractivity contribution >= 4 is 0 Å². The molecule has 2 nitrogen and oxygen atoms in total. The van der Waals surface area contributed by atoms with Crippen molar-refractivity contribution in [1.29, 1.82) is 0 Å². The van der Waals surface area contributed by atoms with E-state index >= 15 is 0 Å². The van der Waals surface area contributed by atoms with Crippen molar-refractivity contribution < 1.29 is 4.39 Å². The van der Waals surface area contributed by atoms with Crippen molar-refractivity contribution in [3.63, 3.8) is 0 Å². The van der Waals surface area contributed by atoms with Crippen LogP contribution in [0.3, 0.4) is 0 Å². The average molecular weight is 236 g/mol. The highest BCUT2D eigenvalue weighted by Gasteiger charge is 2.08. The van der Waals surface area contributed by atoms with Crippen LogP contribution in [0.1, 0.15) is 18.4 Å². The fourth-order valence-corrected chi connectivity index (χ4v) is 2.25. The van der Waals surface area contributed by atoms with Gasteiger partial charge in [0.2, 0.25) is 0 Å². The van der Waals surface area contributed by atoms with Gasteiger partial charge in [-0.2, -0.15) is 0 Å². The molecule has 0 saturated carbocycles. The quantitative estimate of drug-likeness (QED) is 0.787. The average Bonchev–Trinajstić information content (AvgIpc) is 2.38. The first kappa shape index (κ1) is 12.5. The van der Waals surface area contributed by atoms with Crippen LogP contribution in [-0.2, 0) is 6.42 Å². The van der Waals surface area contributed by atoms with Gasteiger partial charge >= 0.3 is 0 Å². The van der Waals surface area contributed by atoms with E-state index < -0.39 is 0 Å². The standard InChI is InChI=1S/C14H21FN2/c15-14-6-4-13(5-7-14)3-1-2-10-17-11-8-16-9-12-17/h4-7,16H,1-3,8-12H2. The van der Waals surface area contributed by atoms with Crippen LogP contribution in [0.4, 0.5) is 4.39 Å². The third-order valence-electron chi connectivity index (χ3n) is 3.31. The second kappa shape index (κ2) is 6.72. The lowest BCUT2D eigenvalue weighted by atomic mass is 10.1. The van der Waals surface area contributed by atoms with Gasteiger partial charge in [-0.05, 0) is 43.5 Å². The summed E-state index contributed by atoms with van der Waals surface area (Å²) in [6.45, 7) is 5.80. The van der Waals surface area contributed by atoms with Crippen molar-refractivity contribution in [2.75, 3.05) is 32.7 Å². The second-order valence-electron chi connectivity index (χ2n) is 4.68.